The average molecular weight is 740 g/mol. The molecule has 0 N–H and O–H groups in total. The molecule has 0 saturated carbocycles. The molecular weight excluding hydrogens is 702 g/mol. The topological polar surface area (TPSA) is 28.5 Å². The molecule has 2 heterocycles. The predicted octanol–water partition coefficient (Wildman–Crippen LogP) is 13.6. The maximum Gasteiger partial charge on any atom is 0.301 e. The lowest BCUT2D eigenvalue weighted by Crippen LogP contribution is -2.26. The van der Waals surface area contributed by atoms with Crippen LogP contribution in [0.1, 0.15) is 25.0 Å². The van der Waals surface area contributed by atoms with Crippen molar-refractivity contribution in [2.75, 3.05) is 9.34 Å². The van der Waals surface area contributed by atoms with Crippen LogP contribution in [0, 0.1) is 0 Å². The minimum Gasteiger partial charge on any atom is -0.309 e. The zero-order valence-corrected chi connectivity index (χ0v) is 32.1. The number of para-hydroxylation sites is 3. The van der Waals surface area contributed by atoms with Crippen LogP contribution < -0.4 is 14.6 Å². The van der Waals surface area contributed by atoms with Gasteiger partial charge in [0.2, 0.25) is 0 Å². The highest BCUT2D eigenvalue weighted by Gasteiger charge is 2.49. The first-order chi connectivity index (χ1) is 27.4. The van der Waals surface area contributed by atoms with Crippen LogP contribution in [0.15, 0.2) is 194 Å². The lowest BCUT2D eigenvalue weighted by molar-refractivity contribution is 0.582. The van der Waals surface area contributed by atoms with Crippen molar-refractivity contribution in [3.8, 4) is 27.9 Å². The van der Waals surface area contributed by atoms with Crippen LogP contribution in [0.25, 0.3) is 49.7 Å². The van der Waals surface area contributed by atoms with Crippen LogP contribution >= 0.6 is 7.44 Å². The standard InChI is InChI=1S/C51H38N3OP/c1-51(2)45-26-16-15-25-41(45)42-33-44-43-31-35(27-29-47(43)52(49(44)34-46(42)51)37-17-7-3-8-18-37)36-28-30-48-50(32-36)54(39-21-11-5-12-22-39)56(55,40-23-13-6-14-24-40)53(48)38-19-9-4-10-20-38/h3-34H,1-2H3. The molecule has 1 aliphatic carbocycles. The first-order valence-corrected chi connectivity index (χ1v) is 20.8. The number of rotatable bonds is 5. The third-order valence-electron chi connectivity index (χ3n) is 11.9. The molecule has 8 aromatic carbocycles. The van der Waals surface area contributed by atoms with E-state index >= 15 is 4.57 Å². The number of nitrogens with zero attached hydrogens (tertiary/aromatic N) is 3. The largest absolute Gasteiger partial charge is 0.309 e. The fraction of sp³-hybridized carbons (Fsp3) is 0.0588. The number of fused-ring (bicyclic) bond motifs is 7. The lowest BCUT2D eigenvalue weighted by Gasteiger charge is -2.33. The van der Waals surface area contributed by atoms with E-state index in [4.69, 9.17) is 0 Å². The van der Waals surface area contributed by atoms with Gasteiger partial charge in [-0.1, -0.05) is 123 Å². The molecule has 4 nitrogen and oxygen atoms in total. The summed E-state index contributed by atoms with van der Waals surface area (Å²) in [6.07, 6.45) is 0. The molecule has 2 aliphatic rings. The van der Waals surface area contributed by atoms with E-state index in [1.807, 2.05) is 66.7 Å². The Morgan fingerprint density at radius 2 is 0.964 bits per heavy atom. The Morgan fingerprint density at radius 1 is 0.429 bits per heavy atom. The van der Waals surface area contributed by atoms with E-state index < -0.39 is 7.44 Å². The van der Waals surface area contributed by atoms with Gasteiger partial charge in [-0.25, -0.2) is 0 Å². The van der Waals surface area contributed by atoms with E-state index in [0.717, 1.165) is 44.9 Å². The average Bonchev–Trinajstić information content (AvgIpc) is 3.80. The molecule has 9 aromatic rings. The monoisotopic (exact) mass is 739 g/mol. The van der Waals surface area contributed by atoms with Crippen molar-refractivity contribution in [3.05, 3.63) is 205 Å². The Balaban J connectivity index is 1.15. The molecule has 0 radical (unpaired) electrons. The number of hydrogen-bond donors (Lipinski definition) is 0. The molecule has 0 bridgehead atoms. The van der Waals surface area contributed by atoms with Gasteiger partial charge >= 0.3 is 7.44 Å². The van der Waals surface area contributed by atoms with Crippen molar-refractivity contribution in [2.24, 2.45) is 0 Å². The van der Waals surface area contributed by atoms with E-state index in [2.05, 4.69) is 155 Å². The van der Waals surface area contributed by atoms with E-state index in [9.17, 15) is 0 Å². The van der Waals surface area contributed by atoms with Gasteiger partial charge in [0.05, 0.1) is 27.7 Å². The molecule has 0 amide bonds. The third-order valence-corrected chi connectivity index (χ3v) is 14.8. The summed E-state index contributed by atoms with van der Waals surface area (Å²) in [5.41, 5.74) is 14.5. The first-order valence-electron chi connectivity index (χ1n) is 19.2. The van der Waals surface area contributed by atoms with Crippen LogP contribution in [0.3, 0.4) is 0 Å². The fourth-order valence-corrected chi connectivity index (χ4v) is 12.3. The summed E-state index contributed by atoms with van der Waals surface area (Å²) in [6, 6.07) is 68.1. The first kappa shape index (κ1) is 32.8. The minimum atomic E-state index is -3.46. The Labute approximate surface area is 327 Å². The normalized spacial score (nSPS) is 16.6. The summed E-state index contributed by atoms with van der Waals surface area (Å²) in [7, 11) is -3.46. The Hall–Kier alpha value is -6.61. The number of hydrogen-bond acceptors (Lipinski definition) is 1. The van der Waals surface area contributed by atoms with Gasteiger partial charge in [-0.3, -0.25) is 13.9 Å². The van der Waals surface area contributed by atoms with Crippen LogP contribution in [0.2, 0.25) is 0 Å². The Bertz CT molecular complexity index is 3030. The van der Waals surface area contributed by atoms with E-state index in [1.165, 1.54) is 44.1 Å². The zero-order chi connectivity index (χ0) is 37.6. The van der Waals surface area contributed by atoms with Gasteiger partial charge in [0.25, 0.3) is 0 Å². The summed E-state index contributed by atoms with van der Waals surface area (Å²) < 4.78 is 22.7. The maximum atomic E-state index is 16.1. The van der Waals surface area contributed by atoms with Crippen LogP contribution in [-0.4, -0.2) is 4.57 Å². The highest BCUT2D eigenvalue weighted by Crippen LogP contribution is 2.70. The van der Waals surface area contributed by atoms with Crippen molar-refractivity contribution < 1.29 is 4.57 Å². The summed E-state index contributed by atoms with van der Waals surface area (Å²) >= 11 is 0. The Kier molecular flexibility index (Phi) is 7.14. The lowest BCUT2D eigenvalue weighted by atomic mass is 9.82. The molecule has 0 saturated heterocycles. The SMILES string of the molecule is CC1(C)c2ccccc2-c2cc3c4cc(-c5ccc6c(c5)N(c5ccccc5)P(=O)(c5ccccc5)N6c5ccccc5)ccc4n(-c4ccccc4)c3cc21. The molecule has 268 valence electrons. The number of benzene rings is 8. The van der Waals surface area contributed by atoms with Gasteiger partial charge in [-0.05, 0) is 118 Å². The van der Waals surface area contributed by atoms with Crippen molar-refractivity contribution >= 4 is 57.3 Å². The molecule has 0 spiro atoms. The van der Waals surface area contributed by atoms with Gasteiger partial charge < -0.3 is 4.57 Å². The number of anilines is 4. The Morgan fingerprint density at radius 3 is 1.64 bits per heavy atom. The van der Waals surface area contributed by atoms with Gasteiger partial charge in [0.1, 0.15) is 0 Å². The van der Waals surface area contributed by atoms with Gasteiger partial charge in [-0.2, -0.15) is 0 Å². The second-order valence-electron chi connectivity index (χ2n) is 15.4. The second kappa shape index (κ2) is 12.2. The van der Waals surface area contributed by atoms with Crippen LogP contribution in [-0.2, 0) is 9.98 Å². The molecule has 56 heavy (non-hydrogen) atoms. The van der Waals surface area contributed by atoms with Gasteiger partial charge in [0, 0.05) is 33.2 Å². The molecule has 1 aromatic heterocycles. The van der Waals surface area contributed by atoms with E-state index in [-0.39, 0.29) is 5.41 Å². The quantitative estimate of drug-likeness (QED) is 0.165. The number of aromatic nitrogens is 1. The molecule has 1 atom stereocenters. The summed E-state index contributed by atoms with van der Waals surface area (Å²) in [5, 5.41) is 3.21. The fourth-order valence-electron chi connectivity index (χ4n) is 9.26. The van der Waals surface area contributed by atoms with Gasteiger partial charge in [0.15, 0.2) is 0 Å². The maximum absolute atomic E-state index is 16.1. The van der Waals surface area contributed by atoms with E-state index in [1.54, 1.807) is 0 Å². The molecule has 1 unspecified atom stereocenters. The molecule has 1 aliphatic heterocycles. The highest BCUT2D eigenvalue weighted by molar-refractivity contribution is 7.76. The predicted molar refractivity (Wildman–Crippen MR) is 235 cm³/mol. The summed E-state index contributed by atoms with van der Waals surface area (Å²) in [5.74, 6) is 0. The molecule has 0 fully saturated rings. The van der Waals surface area contributed by atoms with Crippen molar-refractivity contribution in [3.63, 3.8) is 0 Å². The highest BCUT2D eigenvalue weighted by atomic mass is 31.2. The van der Waals surface area contributed by atoms with Crippen LogP contribution in [0.5, 0.6) is 0 Å². The third kappa shape index (κ3) is 4.63. The zero-order valence-electron chi connectivity index (χ0n) is 31.2. The molecule has 11 rings (SSSR count). The van der Waals surface area contributed by atoms with Crippen molar-refractivity contribution in [1.29, 1.82) is 0 Å². The summed E-state index contributed by atoms with van der Waals surface area (Å²) in [6.45, 7) is 4.69. The smallest absolute Gasteiger partial charge is 0.301 e. The second-order valence-corrected chi connectivity index (χ2v) is 17.8. The molecular formula is C51H38N3OP. The van der Waals surface area contributed by atoms with Gasteiger partial charge in [-0.15, -0.1) is 0 Å². The molecule has 5 heteroatoms. The van der Waals surface area contributed by atoms with Crippen molar-refractivity contribution in [1.82, 2.24) is 4.57 Å². The van der Waals surface area contributed by atoms with Crippen molar-refractivity contribution in [2.45, 2.75) is 19.3 Å². The van der Waals surface area contributed by atoms with E-state index in [0.29, 0.717) is 0 Å². The van der Waals surface area contributed by atoms with Crippen LogP contribution in [0.4, 0.5) is 22.7 Å². The summed E-state index contributed by atoms with van der Waals surface area (Å²) in [4.78, 5) is 0. The minimum absolute atomic E-state index is 0.106.